The average Bonchev–Trinajstić information content (AvgIpc) is 2.92. The van der Waals surface area contributed by atoms with Gasteiger partial charge in [0.2, 0.25) is 0 Å². The fraction of sp³-hybridized carbons (Fsp3) is 0.467. The molecule has 1 aliphatic rings. The fourth-order valence-corrected chi connectivity index (χ4v) is 3.33. The number of rotatable bonds is 3. The molecule has 106 valence electrons. The van der Waals surface area contributed by atoms with E-state index in [-0.39, 0.29) is 5.56 Å². The Balaban J connectivity index is 1.76. The maximum absolute atomic E-state index is 11.8. The molecular weight excluding hydrogens is 365 g/mol. The first-order valence-corrected chi connectivity index (χ1v) is 8.20. The van der Waals surface area contributed by atoms with Crippen molar-refractivity contribution in [1.82, 2.24) is 14.3 Å². The summed E-state index contributed by atoms with van der Waals surface area (Å²) in [5.41, 5.74) is 0.984. The first-order valence-electron chi connectivity index (χ1n) is 7.12. The highest BCUT2D eigenvalue weighted by Crippen LogP contribution is 2.27. The van der Waals surface area contributed by atoms with Crippen molar-refractivity contribution < 1.29 is 0 Å². The Morgan fingerprint density at radius 1 is 1.20 bits per heavy atom. The van der Waals surface area contributed by atoms with Crippen molar-refractivity contribution in [3.63, 3.8) is 0 Å². The summed E-state index contributed by atoms with van der Waals surface area (Å²) in [4.78, 5) is 11.8. The Morgan fingerprint density at radius 3 is 2.80 bits per heavy atom. The van der Waals surface area contributed by atoms with Crippen molar-refractivity contribution in [2.75, 3.05) is 0 Å². The quantitative estimate of drug-likeness (QED) is 0.764. The molecule has 0 amide bonds. The maximum atomic E-state index is 11.8. The molecule has 1 fully saturated rings. The Bertz CT molecular complexity index is 641. The summed E-state index contributed by atoms with van der Waals surface area (Å²) in [6.45, 7) is 0.551. The van der Waals surface area contributed by atoms with Gasteiger partial charge in [0.15, 0.2) is 0 Å². The highest BCUT2D eigenvalue weighted by atomic mass is 127. The van der Waals surface area contributed by atoms with Gasteiger partial charge in [0.1, 0.15) is 0 Å². The SMILES string of the molecule is O=c1ccc(I)cn1Cc1ccn(C2CCCCC2)n1. The van der Waals surface area contributed by atoms with Crippen LogP contribution in [0.25, 0.3) is 0 Å². The number of pyridine rings is 1. The minimum absolute atomic E-state index is 0.0256. The lowest BCUT2D eigenvalue weighted by atomic mass is 9.96. The maximum Gasteiger partial charge on any atom is 0.250 e. The zero-order chi connectivity index (χ0) is 13.9. The molecule has 0 aliphatic heterocycles. The average molecular weight is 383 g/mol. The molecule has 4 nitrogen and oxygen atoms in total. The molecule has 2 heterocycles. The van der Waals surface area contributed by atoms with Crippen LogP contribution < -0.4 is 5.56 Å². The van der Waals surface area contributed by atoms with Crippen LogP contribution in [0.1, 0.15) is 43.8 Å². The molecule has 0 unspecified atom stereocenters. The number of hydrogen-bond acceptors (Lipinski definition) is 2. The molecule has 3 rings (SSSR count). The van der Waals surface area contributed by atoms with Crippen molar-refractivity contribution in [3.8, 4) is 0 Å². The summed E-state index contributed by atoms with van der Waals surface area (Å²) < 4.78 is 4.87. The van der Waals surface area contributed by atoms with Gasteiger partial charge in [-0.3, -0.25) is 9.48 Å². The van der Waals surface area contributed by atoms with Crippen LogP contribution in [0.4, 0.5) is 0 Å². The Morgan fingerprint density at radius 2 is 2.00 bits per heavy atom. The highest BCUT2D eigenvalue weighted by Gasteiger charge is 2.16. The van der Waals surface area contributed by atoms with Crippen LogP contribution in [0.3, 0.4) is 0 Å². The summed E-state index contributed by atoms with van der Waals surface area (Å²) in [7, 11) is 0. The van der Waals surface area contributed by atoms with Gasteiger partial charge in [-0.05, 0) is 47.6 Å². The first kappa shape index (κ1) is 13.9. The van der Waals surface area contributed by atoms with Crippen LogP contribution in [0.15, 0.2) is 35.4 Å². The van der Waals surface area contributed by atoms with Gasteiger partial charge in [-0.1, -0.05) is 19.3 Å². The Hall–Kier alpha value is -1.11. The first-order chi connectivity index (χ1) is 9.72. The molecule has 0 radical (unpaired) electrons. The Labute approximate surface area is 131 Å². The monoisotopic (exact) mass is 383 g/mol. The molecule has 1 saturated carbocycles. The van der Waals surface area contributed by atoms with E-state index >= 15 is 0 Å². The normalized spacial score (nSPS) is 16.4. The van der Waals surface area contributed by atoms with Crippen molar-refractivity contribution in [2.24, 2.45) is 0 Å². The van der Waals surface area contributed by atoms with Gasteiger partial charge in [-0.2, -0.15) is 5.10 Å². The van der Waals surface area contributed by atoms with Crippen molar-refractivity contribution in [2.45, 2.75) is 44.7 Å². The van der Waals surface area contributed by atoms with E-state index in [1.165, 1.54) is 32.1 Å². The summed E-state index contributed by atoms with van der Waals surface area (Å²) in [6, 6.07) is 6.02. The molecule has 0 bridgehead atoms. The number of nitrogens with zero attached hydrogens (tertiary/aromatic N) is 3. The fourth-order valence-electron chi connectivity index (χ4n) is 2.81. The third-order valence-corrected chi connectivity index (χ3v) is 4.53. The second-order valence-electron chi connectivity index (χ2n) is 5.39. The number of hydrogen-bond donors (Lipinski definition) is 0. The molecule has 2 aromatic rings. The van der Waals surface area contributed by atoms with E-state index in [2.05, 4.69) is 38.6 Å². The minimum atomic E-state index is 0.0256. The van der Waals surface area contributed by atoms with E-state index in [1.807, 2.05) is 18.3 Å². The predicted molar refractivity (Wildman–Crippen MR) is 86.9 cm³/mol. The number of halogens is 1. The molecule has 0 aromatic carbocycles. The molecule has 0 spiro atoms. The molecule has 0 saturated heterocycles. The van der Waals surface area contributed by atoms with Gasteiger partial charge in [0.05, 0.1) is 18.3 Å². The van der Waals surface area contributed by atoms with Crippen LogP contribution in [0.5, 0.6) is 0 Å². The van der Waals surface area contributed by atoms with E-state index < -0.39 is 0 Å². The van der Waals surface area contributed by atoms with Crippen LogP contribution >= 0.6 is 22.6 Å². The van der Waals surface area contributed by atoms with Crippen molar-refractivity contribution in [3.05, 3.63) is 50.2 Å². The van der Waals surface area contributed by atoms with Gasteiger partial charge in [-0.15, -0.1) is 0 Å². The zero-order valence-electron chi connectivity index (χ0n) is 11.3. The van der Waals surface area contributed by atoms with Gasteiger partial charge in [0.25, 0.3) is 5.56 Å². The summed E-state index contributed by atoms with van der Waals surface area (Å²) >= 11 is 2.22. The summed E-state index contributed by atoms with van der Waals surface area (Å²) in [5, 5.41) is 4.65. The van der Waals surface area contributed by atoms with Crippen LogP contribution in [0.2, 0.25) is 0 Å². The molecule has 5 heteroatoms. The standard InChI is InChI=1S/C15H18IN3O/c16-12-6-7-15(20)18(10-12)11-13-8-9-19(17-13)14-4-2-1-3-5-14/h6-10,14H,1-5,11H2. The third-order valence-electron chi connectivity index (χ3n) is 3.89. The van der Waals surface area contributed by atoms with Gasteiger partial charge in [0, 0.05) is 22.0 Å². The van der Waals surface area contributed by atoms with E-state index in [4.69, 9.17) is 0 Å². The lowest BCUT2D eigenvalue weighted by Gasteiger charge is -2.21. The van der Waals surface area contributed by atoms with Crippen molar-refractivity contribution in [1.29, 1.82) is 0 Å². The van der Waals surface area contributed by atoms with E-state index in [0.717, 1.165) is 9.26 Å². The van der Waals surface area contributed by atoms with Gasteiger partial charge < -0.3 is 4.57 Å². The predicted octanol–water partition coefficient (Wildman–Crippen LogP) is 3.20. The lowest BCUT2D eigenvalue weighted by molar-refractivity contribution is 0.328. The molecule has 20 heavy (non-hydrogen) atoms. The molecular formula is C15H18IN3O. The molecule has 0 N–H and O–H groups in total. The van der Waals surface area contributed by atoms with Crippen LogP contribution in [0, 0.1) is 3.57 Å². The number of aromatic nitrogens is 3. The summed E-state index contributed by atoms with van der Waals surface area (Å²) in [5.74, 6) is 0. The molecule has 0 atom stereocenters. The summed E-state index contributed by atoms with van der Waals surface area (Å²) in [6.07, 6.45) is 10.3. The largest absolute Gasteiger partial charge is 0.308 e. The minimum Gasteiger partial charge on any atom is -0.308 e. The topological polar surface area (TPSA) is 39.8 Å². The molecule has 1 aliphatic carbocycles. The van der Waals surface area contributed by atoms with Crippen LogP contribution in [-0.4, -0.2) is 14.3 Å². The smallest absolute Gasteiger partial charge is 0.250 e. The Kier molecular flexibility index (Phi) is 4.24. The second-order valence-corrected chi connectivity index (χ2v) is 6.64. The highest BCUT2D eigenvalue weighted by molar-refractivity contribution is 14.1. The van der Waals surface area contributed by atoms with Crippen LogP contribution in [-0.2, 0) is 6.54 Å². The van der Waals surface area contributed by atoms with Gasteiger partial charge in [-0.25, -0.2) is 0 Å². The van der Waals surface area contributed by atoms with E-state index in [1.54, 1.807) is 10.6 Å². The molecule has 2 aromatic heterocycles. The third kappa shape index (κ3) is 3.13. The second kappa shape index (κ2) is 6.11. The van der Waals surface area contributed by atoms with E-state index in [0.29, 0.717) is 12.6 Å². The van der Waals surface area contributed by atoms with Gasteiger partial charge >= 0.3 is 0 Å². The van der Waals surface area contributed by atoms with Crippen molar-refractivity contribution >= 4 is 22.6 Å². The zero-order valence-corrected chi connectivity index (χ0v) is 13.5. The lowest BCUT2D eigenvalue weighted by Crippen LogP contribution is -2.20. The van der Waals surface area contributed by atoms with E-state index in [9.17, 15) is 4.79 Å².